The fourth-order valence-corrected chi connectivity index (χ4v) is 2.59. The van der Waals surface area contributed by atoms with E-state index >= 15 is 0 Å². The molecule has 0 N–H and O–H groups in total. The van der Waals surface area contributed by atoms with Gasteiger partial charge in [0.05, 0.1) is 5.39 Å². The first-order valence-electron chi connectivity index (χ1n) is 8.04. The van der Waals surface area contributed by atoms with Crippen LogP contribution in [-0.4, -0.2) is 37.8 Å². The molecule has 0 radical (unpaired) electrons. The van der Waals surface area contributed by atoms with Gasteiger partial charge in [-0.1, -0.05) is 30.3 Å². The van der Waals surface area contributed by atoms with Gasteiger partial charge in [0.1, 0.15) is 6.54 Å². The predicted octanol–water partition coefficient (Wildman–Crippen LogP) is 1.54. The molecule has 0 aliphatic carbocycles. The lowest BCUT2D eigenvalue weighted by Crippen LogP contribution is -2.31. The van der Waals surface area contributed by atoms with Crippen molar-refractivity contribution in [2.75, 3.05) is 7.05 Å². The van der Waals surface area contributed by atoms with E-state index in [0.717, 1.165) is 12.8 Å². The number of carbonyl (C=O) groups excluding carboxylic acids is 1. The lowest BCUT2D eigenvalue weighted by molar-refractivity contribution is 0.0763. The number of aryl methyl sites for hydroxylation is 2. The molecule has 0 atom stereocenters. The van der Waals surface area contributed by atoms with Gasteiger partial charge in [-0.05, 0) is 12.5 Å². The quantitative estimate of drug-likeness (QED) is 0.699. The van der Waals surface area contributed by atoms with E-state index in [1.807, 2.05) is 6.92 Å². The molecule has 8 nitrogen and oxygen atoms in total. The Kier molecular flexibility index (Phi) is 4.60. The molecule has 0 aliphatic rings. The number of fused-ring (bicyclic) bond motifs is 1. The highest BCUT2D eigenvalue weighted by molar-refractivity contribution is 6.04. The highest BCUT2D eigenvalue weighted by Gasteiger charge is 2.21. The molecule has 130 valence electrons. The van der Waals surface area contributed by atoms with Gasteiger partial charge < -0.3 is 9.42 Å². The molecule has 1 amide bonds. The van der Waals surface area contributed by atoms with E-state index in [0.29, 0.717) is 22.5 Å². The molecule has 0 aliphatic heterocycles. The van der Waals surface area contributed by atoms with Gasteiger partial charge in [-0.25, -0.2) is 4.68 Å². The standard InChI is InChI=1S/C17H19N5O3/c1-4-7-13-18-14(25-20-13)10-21(2)17(24)15-11-8-5-6-9-12(11)16(23)22(3)19-15/h5-6,8-9H,4,7,10H2,1-3H3. The Balaban J connectivity index is 1.91. The number of aromatic nitrogens is 4. The number of hydrogen-bond acceptors (Lipinski definition) is 6. The van der Waals surface area contributed by atoms with Gasteiger partial charge in [0.2, 0.25) is 5.89 Å². The van der Waals surface area contributed by atoms with Crippen molar-refractivity contribution in [3.05, 3.63) is 52.0 Å². The minimum atomic E-state index is -0.318. The van der Waals surface area contributed by atoms with Crippen LogP contribution in [0.15, 0.2) is 33.6 Å². The lowest BCUT2D eigenvalue weighted by Gasteiger charge is -2.15. The van der Waals surface area contributed by atoms with Gasteiger partial charge >= 0.3 is 0 Å². The molecule has 2 aromatic heterocycles. The number of carbonyl (C=O) groups is 1. The smallest absolute Gasteiger partial charge is 0.275 e. The zero-order valence-electron chi connectivity index (χ0n) is 14.4. The van der Waals surface area contributed by atoms with Gasteiger partial charge in [0.25, 0.3) is 11.5 Å². The van der Waals surface area contributed by atoms with Crippen LogP contribution in [0.5, 0.6) is 0 Å². The van der Waals surface area contributed by atoms with Crippen molar-refractivity contribution in [1.29, 1.82) is 0 Å². The summed E-state index contributed by atoms with van der Waals surface area (Å²) in [6, 6.07) is 6.94. The van der Waals surface area contributed by atoms with Gasteiger partial charge in [-0.2, -0.15) is 10.1 Å². The van der Waals surface area contributed by atoms with Crippen molar-refractivity contribution >= 4 is 16.7 Å². The van der Waals surface area contributed by atoms with Crippen molar-refractivity contribution in [1.82, 2.24) is 24.8 Å². The number of amides is 1. The highest BCUT2D eigenvalue weighted by atomic mass is 16.5. The maximum atomic E-state index is 12.8. The Hall–Kier alpha value is -3.03. The normalized spacial score (nSPS) is 11.0. The van der Waals surface area contributed by atoms with Crippen LogP contribution in [0.4, 0.5) is 0 Å². The second-order valence-corrected chi connectivity index (χ2v) is 5.84. The first-order valence-corrected chi connectivity index (χ1v) is 8.04. The highest BCUT2D eigenvalue weighted by Crippen LogP contribution is 2.15. The summed E-state index contributed by atoms with van der Waals surface area (Å²) in [6.45, 7) is 2.20. The second kappa shape index (κ2) is 6.84. The van der Waals surface area contributed by atoms with E-state index in [9.17, 15) is 9.59 Å². The molecule has 2 heterocycles. The Morgan fingerprint density at radius 2 is 2.00 bits per heavy atom. The molecule has 0 spiro atoms. The first kappa shape index (κ1) is 16.8. The average Bonchev–Trinajstić information content (AvgIpc) is 3.05. The van der Waals surface area contributed by atoms with Gasteiger partial charge in [-0.15, -0.1) is 0 Å². The number of hydrogen-bond donors (Lipinski definition) is 0. The van der Waals surface area contributed by atoms with Crippen LogP contribution in [0.3, 0.4) is 0 Å². The summed E-state index contributed by atoms with van der Waals surface area (Å²) in [5, 5.41) is 9.01. The summed E-state index contributed by atoms with van der Waals surface area (Å²) >= 11 is 0. The van der Waals surface area contributed by atoms with E-state index in [4.69, 9.17) is 4.52 Å². The van der Waals surface area contributed by atoms with Gasteiger partial charge in [-0.3, -0.25) is 9.59 Å². The third kappa shape index (κ3) is 3.28. The Bertz CT molecular complexity index is 976. The predicted molar refractivity (Wildman–Crippen MR) is 91.1 cm³/mol. The molecular formula is C17H19N5O3. The van der Waals surface area contributed by atoms with Crippen molar-refractivity contribution in [3.63, 3.8) is 0 Å². The number of nitrogens with zero attached hydrogens (tertiary/aromatic N) is 5. The summed E-state index contributed by atoms with van der Waals surface area (Å²) in [7, 11) is 3.16. The van der Waals surface area contributed by atoms with E-state index in [2.05, 4.69) is 15.2 Å². The zero-order chi connectivity index (χ0) is 18.0. The van der Waals surface area contributed by atoms with Gasteiger partial charge in [0.15, 0.2) is 11.5 Å². The van der Waals surface area contributed by atoms with Crippen LogP contribution in [0.2, 0.25) is 0 Å². The van der Waals surface area contributed by atoms with E-state index < -0.39 is 0 Å². The number of benzene rings is 1. The van der Waals surface area contributed by atoms with Crippen LogP contribution in [-0.2, 0) is 20.0 Å². The SMILES string of the molecule is CCCc1noc(CN(C)C(=O)c2nn(C)c(=O)c3ccccc23)n1. The van der Waals surface area contributed by atoms with Crippen molar-refractivity contribution in [2.45, 2.75) is 26.3 Å². The maximum absolute atomic E-state index is 12.8. The molecule has 3 rings (SSSR count). The molecule has 0 saturated carbocycles. The van der Waals surface area contributed by atoms with E-state index in [1.165, 1.54) is 16.6 Å². The summed E-state index contributed by atoms with van der Waals surface area (Å²) in [6.07, 6.45) is 1.65. The monoisotopic (exact) mass is 341 g/mol. The average molecular weight is 341 g/mol. The Labute approximate surface area is 144 Å². The van der Waals surface area contributed by atoms with Crippen LogP contribution in [0.1, 0.15) is 35.5 Å². The Morgan fingerprint density at radius 1 is 1.28 bits per heavy atom. The second-order valence-electron chi connectivity index (χ2n) is 5.84. The maximum Gasteiger partial charge on any atom is 0.275 e. The topological polar surface area (TPSA) is 94.1 Å². The fraction of sp³-hybridized carbons (Fsp3) is 0.353. The van der Waals surface area contributed by atoms with Crippen LogP contribution in [0.25, 0.3) is 10.8 Å². The van der Waals surface area contributed by atoms with Crippen LogP contribution in [0, 0.1) is 0 Å². The van der Waals surface area contributed by atoms with Gasteiger partial charge in [0, 0.05) is 25.9 Å². The zero-order valence-corrected chi connectivity index (χ0v) is 14.4. The van der Waals surface area contributed by atoms with E-state index in [-0.39, 0.29) is 23.7 Å². The molecule has 0 fully saturated rings. The minimum absolute atomic E-state index is 0.175. The third-order valence-corrected chi connectivity index (χ3v) is 3.86. The molecule has 0 unspecified atom stereocenters. The third-order valence-electron chi connectivity index (χ3n) is 3.86. The molecule has 1 aromatic carbocycles. The first-order chi connectivity index (χ1) is 12.0. The molecule has 25 heavy (non-hydrogen) atoms. The summed E-state index contributed by atoms with van der Waals surface area (Å²) in [5.74, 6) is 0.680. The minimum Gasteiger partial charge on any atom is -0.337 e. The Morgan fingerprint density at radius 3 is 2.72 bits per heavy atom. The molecule has 0 saturated heterocycles. The van der Waals surface area contributed by atoms with E-state index in [1.54, 1.807) is 31.3 Å². The molecule has 3 aromatic rings. The molecule has 8 heteroatoms. The van der Waals surface area contributed by atoms with Crippen molar-refractivity contribution in [2.24, 2.45) is 7.05 Å². The fourth-order valence-electron chi connectivity index (χ4n) is 2.59. The van der Waals surface area contributed by atoms with Crippen molar-refractivity contribution in [3.8, 4) is 0 Å². The molecule has 0 bridgehead atoms. The lowest BCUT2D eigenvalue weighted by atomic mass is 10.1. The summed E-state index contributed by atoms with van der Waals surface area (Å²) in [5.41, 5.74) is -0.0237. The van der Waals surface area contributed by atoms with Crippen LogP contribution < -0.4 is 5.56 Å². The summed E-state index contributed by atoms with van der Waals surface area (Å²) < 4.78 is 6.35. The largest absolute Gasteiger partial charge is 0.337 e. The summed E-state index contributed by atoms with van der Waals surface area (Å²) in [4.78, 5) is 30.7. The number of rotatable bonds is 5. The van der Waals surface area contributed by atoms with Crippen LogP contribution >= 0.6 is 0 Å². The van der Waals surface area contributed by atoms with Crippen molar-refractivity contribution < 1.29 is 9.32 Å². The molecular weight excluding hydrogens is 322 g/mol.